The molecule has 7 heteroatoms. The van der Waals surface area contributed by atoms with E-state index in [0.29, 0.717) is 17.9 Å². The van der Waals surface area contributed by atoms with Crippen molar-refractivity contribution in [2.24, 2.45) is 5.73 Å². The molecule has 0 bridgehead atoms. The Labute approximate surface area is 128 Å². The van der Waals surface area contributed by atoms with Gasteiger partial charge in [0.05, 0.1) is 25.3 Å². The highest BCUT2D eigenvalue weighted by atomic mass is 32.1. The number of piperazine rings is 1. The Morgan fingerprint density at radius 2 is 2.24 bits per heavy atom. The van der Waals surface area contributed by atoms with Crippen LogP contribution in [0.1, 0.15) is 18.1 Å². The van der Waals surface area contributed by atoms with Crippen molar-refractivity contribution in [2.75, 3.05) is 13.7 Å². The molecule has 1 aliphatic rings. The van der Waals surface area contributed by atoms with Crippen molar-refractivity contribution in [3.8, 4) is 5.75 Å². The second kappa shape index (κ2) is 6.19. The number of carbonyl (C=O) groups is 2. The van der Waals surface area contributed by atoms with Crippen LogP contribution < -0.4 is 15.8 Å². The normalized spacial score (nSPS) is 19.2. The molecule has 6 nitrogen and oxygen atoms in total. The largest absolute Gasteiger partial charge is 0.496 e. The number of rotatable bonds is 4. The van der Waals surface area contributed by atoms with Gasteiger partial charge in [-0.3, -0.25) is 19.8 Å². The number of methoxy groups -OCH3 is 1. The van der Waals surface area contributed by atoms with Crippen LogP contribution in [0.4, 0.5) is 0 Å². The molecule has 1 unspecified atom stereocenters. The number of benzene rings is 1. The molecule has 21 heavy (non-hydrogen) atoms. The van der Waals surface area contributed by atoms with Crippen LogP contribution in [-0.4, -0.2) is 41.4 Å². The zero-order valence-corrected chi connectivity index (χ0v) is 12.7. The van der Waals surface area contributed by atoms with Crippen LogP contribution in [-0.2, 0) is 16.1 Å². The Balaban J connectivity index is 2.21. The van der Waals surface area contributed by atoms with E-state index in [0.717, 1.165) is 5.56 Å². The van der Waals surface area contributed by atoms with Crippen LogP contribution >= 0.6 is 12.2 Å². The molecule has 1 aliphatic heterocycles. The van der Waals surface area contributed by atoms with Gasteiger partial charge in [0.25, 0.3) is 0 Å². The first-order chi connectivity index (χ1) is 9.92. The highest BCUT2D eigenvalue weighted by molar-refractivity contribution is 7.80. The van der Waals surface area contributed by atoms with E-state index in [9.17, 15) is 9.59 Å². The third-order valence-corrected chi connectivity index (χ3v) is 3.67. The summed E-state index contributed by atoms with van der Waals surface area (Å²) in [6.45, 7) is 2.42. The number of ether oxygens (including phenoxy) is 1. The summed E-state index contributed by atoms with van der Waals surface area (Å²) in [7, 11) is 1.54. The van der Waals surface area contributed by atoms with Crippen molar-refractivity contribution in [2.45, 2.75) is 19.5 Å². The van der Waals surface area contributed by atoms with Crippen molar-refractivity contribution < 1.29 is 14.3 Å². The fourth-order valence-electron chi connectivity index (χ4n) is 2.23. The van der Waals surface area contributed by atoms with Crippen molar-refractivity contribution in [3.05, 3.63) is 29.3 Å². The molecule has 2 rings (SSSR count). The quantitative estimate of drug-likeness (QED) is 0.609. The van der Waals surface area contributed by atoms with E-state index in [4.69, 9.17) is 22.7 Å². The SMILES string of the molecule is COc1cc(CN2CC(=O)NC(=O)C2C)ccc1C(N)=S. The lowest BCUT2D eigenvalue weighted by Gasteiger charge is -2.31. The first kappa shape index (κ1) is 15.4. The van der Waals surface area contributed by atoms with E-state index < -0.39 is 0 Å². The topological polar surface area (TPSA) is 84.7 Å². The molecule has 0 aromatic heterocycles. The number of carbonyl (C=O) groups excluding carboxylic acids is 2. The average Bonchev–Trinajstić information content (AvgIpc) is 2.43. The molecule has 1 aromatic rings. The van der Waals surface area contributed by atoms with Gasteiger partial charge in [-0.25, -0.2) is 0 Å². The second-order valence-electron chi connectivity index (χ2n) is 4.89. The standard InChI is InChI=1S/C14H17N3O3S/c1-8-14(19)16-12(18)7-17(8)6-9-3-4-10(13(15)21)11(5-9)20-2/h3-5,8H,6-7H2,1-2H3,(H2,15,21)(H,16,18,19). The fourth-order valence-corrected chi connectivity index (χ4v) is 2.40. The van der Waals surface area contributed by atoms with Crippen LogP contribution in [0.5, 0.6) is 5.75 Å². The van der Waals surface area contributed by atoms with E-state index in [2.05, 4.69) is 5.32 Å². The van der Waals surface area contributed by atoms with Crippen LogP contribution in [0.3, 0.4) is 0 Å². The summed E-state index contributed by atoms with van der Waals surface area (Å²) >= 11 is 4.96. The number of nitrogens with two attached hydrogens (primary N) is 1. The van der Waals surface area contributed by atoms with Gasteiger partial charge in [-0.15, -0.1) is 0 Å². The zero-order valence-electron chi connectivity index (χ0n) is 11.9. The van der Waals surface area contributed by atoms with Gasteiger partial charge in [0.15, 0.2) is 0 Å². The third-order valence-electron chi connectivity index (χ3n) is 3.45. The van der Waals surface area contributed by atoms with Crippen LogP contribution in [0, 0.1) is 0 Å². The molecule has 0 aliphatic carbocycles. The predicted octanol–water partition coefficient (Wildman–Crippen LogP) is 0.176. The van der Waals surface area contributed by atoms with Gasteiger partial charge in [-0.1, -0.05) is 18.3 Å². The van der Waals surface area contributed by atoms with Gasteiger partial charge >= 0.3 is 0 Å². The van der Waals surface area contributed by atoms with Crippen LogP contribution in [0.15, 0.2) is 18.2 Å². The van der Waals surface area contributed by atoms with E-state index >= 15 is 0 Å². The minimum Gasteiger partial charge on any atom is -0.496 e. The van der Waals surface area contributed by atoms with Crippen molar-refractivity contribution in [1.29, 1.82) is 0 Å². The molecule has 1 atom stereocenters. The summed E-state index contributed by atoms with van der Waals surface area (Å²) in [6.07, 6.45) is 0. The molecule has 1 saturated heterocycles. The molecule has 0 spiro atoms. The lowest BCUT2D eigenvalue weighted by Crippen LogP contribution is -2.56. The lowest BCUT2D eigenvalue weighted by molar-refractivity contribution is -0.139. The second-order valence-corrected chi connectivity index (χ2v) is 5.33. The highest BCUT2D eigenvalue weighted by Gasteiger charge is 2.30. The Hall–Kier alpha value is -1.99. The number of nitrogens with zero attached hydrogens (tertiary/aromatic N) is 1. The predicted molar refractivity (Wildman–Crippen MR) is 81.9 cm³/mol. The van der Waals surface area contributed by atoms with E-state index in [1.165, 1.54) is 0 Å². The summed E-state index contributed by atoms with van der Waals surface area (Å²) < 4.78 is 5.27. The van der Waals surface area contributed by atoms with Gasteiger partial charge in [-0.05, 0) is 24.6 Å². The van der Waals surface area contributed by atoms with Gasteiger partial charge in [-0.2, -0.15) is 0 Å². The molecule has 3 N–H and O–H groups in total. The molecule has 1 aromatic carbocycles. The number of amides is 2. The zero-order chi connectivity index (χ0) is 15.6. The number of hydrogen-bond donors (Lipinski definition) is 2. The Kier molecular flexibility index (Phi) is 4.54. The molecule has 0 radical (unpaired) electrons. The molecular formula is C14H17N3O3S. The highest BCUT2D eigenvalue weighted by Crippen LogP contribution is 2.22. The summed E-state index contributed by atoms with van der Waals surface area (Å²) in [6, 6.07) is 5.11. The number of hydrogen-bond acceptors (Lipinski definition) is 5. The van der Waals surface area contributed by atoms with Gasteiger partial charge in [0, 0.05) is 6.54 Å². The number of thiocarbonyl (C=S) groups is 1. The first-order valence-corrected chi connectivity index (χ1v) is 6.87. The van der Waals surface area contributed by atoms with Gasteiger partial charge in [0.1, 0.15) is 10.7 Å². The van der Waals surface area contributed by atoms with Gasteiger partial charge in [0.2, 0.25) is 11.8 Å². The Morgan fingerprint density at radius 1 is 1.52 bits per heavy atom. The molecular weight excluding hydrogens is 290 g/mol. The van der Waals surface area contributed by atoms with Gasteiger partial charge < -0.3 is 10.5 Å². The van der Waals surface area contributed by atoms with Crippen LogP contribution in [0.25, 0.3) is 0 Å². The lowest BCUT2D eigenvalue weighted by atomic mass is 10.1. The summed E-state index contributed by atoms with van der Waals surface area (Å²) in [4.78, 5) is 25.2. The number of imide groups is 1. The van der Waals surface area contributed by atoms with E-state index in [-0.39, 0.29) is 29.4 Å². The summed E-state index contributed by atoms with van der Waals surface area (Å²) in [5.74, 6) is 0.0169. The maximum Gasteiger partial charge on any atom is 0.243 e. The summed E-state index contributed by atoms with van der Waals surface area (Å²) in [5, 5.41) is 2.31. The number of nitrogens with one attached hydrogen (secondary N) is 1. The van der Waals surface area contributed by atoms with E-state index in [1.807, 2.05) is 12.1 Å². The fraction of sp³-hybridized carbons (Fsp3) is 0.357. The Bertz CT molecular complexity index is 603. The van der Waals surface area contributed by atoms with Crippen molar-refractivity contribution >= 4 is 29.0 Å². The van der Waals surface area contributed by atoms with E-state index in [1.54, 1.807) is 25.0 Å². The minimum absolute atomic E-state index is 0.187. The summed E-state index contributed by atoms with van der Waals surface area (Å²) in [5.41, 5.74) is 7.21. The maximum atomic E-state index is 11.6. The Morgan fingerprint density at radius 3 is 2.86 bits per heavy atom. The molecule has 112 valence electrons. The minimum atomic E-state index is -0.357. The first-order valence-electron chi connectivity index (χ1n) is 6.47. The molecule has 1 heterocycles. The monoisotopic (exact) mass is 307 g/mol. The van der Waals surface area contributed by atoms with Crippen molar-refractivity contribution in [1.82, 2.24) is 10.2 Å². The molecule has 2 amide bonds. The van der Waals surface area contributed by atoms with Crippen LogP contribution in [0.2, 0.25) is 0 Å². The molecule has 0 saturated carbocycles. The maximum absolute atomic E-state index is 11.6. The van der Waals surface area contributed by atoms with Crippen molar-refractivity contribution in [3.63, 3.8) is 0 Å². The third kappa shape index (κ3) is 3.37. The molecule has 1 fully saturated rings. The smallest absolute Gasteiger partial charge is 0.243 e. The average molecular weight is 307 g/mol.